The number of nitrogens with one attached hydrogen (secondary N) is 1. The van der Waals surface area contributed by atoms with Crippen molar-refractivity contribution in [3.8, 4) is 11.8 Å². The molecule has 0 spiro atoms. The largest absolute Gasteiger partial charge is 0.387 e. The Balaban J connectivity index is 0.000000640. The molecule has 0 saturated carbocycles. The first-order valence-electron chi connectivity index (χ1n) is 7.91. The maximum absolute atomic E-state index is 13.8. The minimum atomic E-state index is -2.75. The van der Waals surface area contributed by atoms with Crippen LogP contribution in [0, 0.1) is 17.7 Å². The van der Waals surface area contributed by atoms with E-state index in [0.717, 1.165) is 10.6 Å². The van der Waals surface area contributed by atoms with Crippen molar-refractivity contribution >= 4 is 34.6 Å². The zero-order valence-corrected chi connectivity index (χ0v) is 15.5. The highest BCUT2D eigenvalue weighted by atomic mass is 35.5. The van der Waals surface area contributed by atoms with Gasteiger partial charge in [-0.05, 0) is 30.3 Å². The Morgan fingerprint density at radius 1 is 1.29 bits per heavy atom. The third-order valence-electron chi connectivity index (χ3n) is 3.53. The number of hydrogen-bond donors (Lipinski definition) is 1. The molecule has 0 bridgehead atoms. The average Bonchev–Trinajstić information content (AvgIpc) is 3.05. The molecule has 0 aliphatic heterocycles. The average molecular weight is 406 g/mol. The molecule has 0 aliphatic carbocycles. The summed E-state index contributed by atoms with van der Waals surface area (Å²) in [6.07, 6.45) is 4.50. The van der Waals surface area contributed by atoms with Crippen molar-refractivity contribution in [3.63, 3.8) is 0 Å². The number of nitrogens with zero attached hydrogens (tertiary/aromatic N) is 2. The number of benzene rings is 1. The van der Waals surface area contributed by atoms with E-state index in [0.29, 0.717) is 22.9 Å². The highest BCUT2D eigenvalue weighted by Crippen LogP contribution is 2.26. The molecule has 0 atom stereocenters. The van der Waals surface area contributed by atoms with E-state index in [9.17, 15) is 13.2 Å². The second-order valence-corrected chi connectivity index (χ2v) is 5.76. The van der Waals surface area contributed by atoms with E-state index in [4.69, 9.17) is 16.4 Å². The minimum absolute atomic E-state index is 0.116. The topological polar surface area (TPSA) is 46.9 Å². The Bertz CT molecular complexity index is 1060. The summed E-state index contributed by atoms with van der Waals surface area (Å²) in [4.78, 5) is 13.1. The molecule has 0 unspecified atom stereocenters. The molecule has 3 aromatic rings. The van der Waals surface area contributed by atoms with Crippen molar-refractivity contribution in [1.29, 1.82) is 0 Å². The summed E-state index contributed by atoms with van der Waals surface area (Å²) in [7, 11) is 1.70. The van der Waals surface area contributed by atoms with E-state index in [2.05, 4.69) is 28.7 Å². The predicted molar refractivity (Wildman–Crippen MR) is 104 cm³/mol. The molecule has 0 saturated heterocycles. The Morgan fingerprint density at radius 3 is 2.54 bits per heavy atom. The number of anilines is 1. The zero-order chi connectivity index (χ0) is 20.7. The Morgan fingerprint density at radius 2 is 1.96 bits per heavy atom. The molecule has 4 nitrogen and oxygen atoms in total. The quantitative estimate of drug-likeness (QED) is 0.377. The maximum atomic E-state index is 13.8. The lowest BCUT2D eigenvalue weighted by atomic mass is 10.1. The van der Waals surface area contributed by atoms with Crippen molar-refractivity contribution in [3.05, 3.63) is 71.3 Å². The summed E-state index contributed by atoms with van der Waals surface area (Å²) in [6, 6.07) is 5.77. The summed E-state index contributed by atoms with van der Waals surface area (Å²) < 4.78 is 40.8. The number of aldehydes is 1. The molecule has 2 heterocycles. The van der Waals surface area contributed by atoms with Gasteiger partial charge in [-0.15, -0.1) is 0 Å². The molecule has 3 rings (SSSR count). The number of halogens is 4. The number of hydrogen-bond acceptors (Lipinski definition) is 3. The van der Waals surface area contributed by atoms with Crippen molar-refractivity contribution < 1.29 is 18.0 Å². The highest BCUT2D eigenvalue weighted by Gasteiger charge is 2.15. The summed E-state index contributed by atoms with van der Waals surface area (Å²) in [5, 5.41) is 3.61. The van der Waals surface area contributed by atoms with Crippen molar-refractivity contribution in [2.75, 3.05) is 12.4 Å². The van der Waals surface area contributed by atoms with Crippen LogP contribution in [0.5, 0.6) is 0 Å². The number of aromatic nitrogens is 2. The predicted octanol–water partition coefficient (Wildman–Crippen LogP) is 5.04. The monoisotopic (exact) mass is 405 g/mol. The first-order valence-corrected chi connectivity index (χ1v) is 8.28. The molecule has 0 radical (unpaired) electrons. The first-order chi connectivity index (χ1) is 13.4. The molecule has 0 amide bonds. The van der Waals surface area contributed by atoms with Crippen LogP contribution >= 0.6 is 11.6 Å². The third-order valence-corrected chi connectivity index (χ3v) is 3.76. The lowest BCUT2D eigenvalue weighted by Gasteiger charge is -2.03. The van der Waals surface area contributed by atoms with Gasteiger partial charge in [-0.3, -0.25) is 9.36 Å². The van der Waals surface area contributed by atoms with E-state index in [1.165, 1.54) is 30.6 Å². The molecular weight excluding hydrogens is 391 g/mol. The van der Waals surface area contributed by atoms with E-state index >= 15 is 0 Å². The zero-order valence-electron chi connectivity index (χ0n) is 14.7. The van der Waals surface area contributed by atoms with Crippen LogP contribution in [0.4, 0.5) is 18.9 Å². The van der Waals surface area contributed by atoms with Crippen LogP contribution in [-0.2, 0) is 4.79 Å². The van der Waals surface area contributed by atoms with Gasteiger partial charge in [0, 0.05) is 23.7 Å². The molecule has 1 N–H and O–H groups in total. The smallest absolute Gasteiger partial charge is 0.320 e. The number of fused-ring (bicyclic) bond motifs is 1. The highest BCUT2D eigenvalue weighted by molar-refractivity contribution is 6.30. The van der Waals surface area contributed by atoms with E-state index in [1.54, 1.807) is 13.1 Å². The van der Waals surface area contributed by atoms with Crippen LogP contribution < -0.4 is 5.32 Å². The molecule has 28 heavy (non-hydrogen) atoms. The second kappa shape index (κ2) is 9.62. The van der Waals surface area contributed by atoms with Gasteiger partial charge in [0.1, 0.15) is 17.8 Å². The van der Waals surface area contributed by atoms with Crippen LogP contribution in [0.3, 0.4) is 0 Å². The van der Waals surface area contributed by atoms with Crippen molar-refractivity contribution in [2.45, 2.75) is 6.55 Å². The number of rotatable bonds is 3. The van der Waals surface area contributed by atoms with Crippen LogP contribution in [0.2, 0.25) is 5.02 Å². The lowest BCUT2D eigenvalue weighted by Crippen LogP contribution is -1.97. The van der Waals surface area contributed by atoms with Gasteiger partial charge in [0.15, 0.2) is 0 Å². The SMILES string of the molecule is C=CC=O.CNc1cnc2c(c1)c(C#Cc1ccc(Cl)cc1F)cn2C(F)F. The summed E-state index contributed by atoms with van der Waals surface area (Å²) >= 11 is 5.69. The van der Waals surface area contributed by atoms with Gasteiger partial charge in [0.2, 0.25) is 0 Å². The van der Waals surface area contributed by atoms with Gasteiger partial charge < -0.3 is 5.32 Å². The van der Waals surface area contributed by atoms with Gasteiger partial charge in [-0.25, -0.2) is 9.37 Å². The molecule has 8 heteroatoms. The van der Waals surface area contributed by atoms with Gasteiger partial charge in [0.05, 0.1) is 23.0 Å². The fourth-order valence-corrected chi connectivity index (χ4v) is 2.40. The van der Waals surface area contributed by atoms with E-state index in [1.807, 2.05) is 0 Å². The Hall–Kier alpha value is -3.24. The number of allylic oxidation sites excluding steroid dienone is 1. The molecular formula is C20H15ClF3N3O. The fraction of sp³-hybridized carbons (Fsp3) is 0.100. The van der Waals surface area contributed by atoms with Gasteiger partial charge in [0.25, 0.3) is 0 Å². The fourth-order valence-electron chi connectivity index (χ4n) is 2.24. The minimum Gasteiger partial charge on any atom is -0.387 e. The Labute approximate surface area is 164 Å². The molecule has 0 fully saturated rings. The first kappa shape index (κ1) is 21.1. The summed E-state index contributed by atoms with van der Waals surface area (Å²) in [5.74, 6) is 4.82. The number of carbonyl (C=O) groups is 1. The lowest BCUT2D eigenvalue weighted by molar-refractivity contribution is -0.104. The van der Waals surface area contributed by atoms with Crippen molar-refractivity contribution in [1.82, 2.24) is 9.55 Å². The van der Waals surface area contributed by atoms with E-state index in [-0.39, 0.29) is 16.2 Å². The number of alkyl halides is 2. The van der Waals surface area contributed by atoms with Crippen LogP contribution in [0.1, 0.15) is 17.7 Å². The molecule has 0 aliphatic rings. The maximum Gasteiger partial charge on any atom is 0.320 e. The molecule has 1 aromatic carbocycles. The van der Waals surface area contributed by atoms with Gasteiger partial charge in [-0.2, -0.15) is 8.78 Å². The molecule has 2 aromatic heterocycles. The van der Waals surface area contributed by atoms with Gasteiger partial charge in [-0.1, -0.05) is 30.0 Å². The third kappa shape index (κ3) is 4.93. The standard InChI is InChI=1S/C17H11ClF3N3.C3H4O/c1-22-13-7-14-11(9-24(17(20)21)16(14)23-8-13)3-2-10-4-5-12(18)6-15(10)19;1-2-3-4/h4-9,17,22H,1H3;2-3H,1H2. The summed E-state index contributed by atoms with van der Waals surface area (Å²) in [6.45, 7) is 0.364. The van der Waals surface area contributed by atoms with E-state index < -0.39 is 12.4 Å². The van der Waals surface area contributed by atoms with Crippen LogP contribution in [-0.4, -0.2) is 22.9 Å². The second-order valence-electron chi connectivity index (χ2n) is 5.32. The molecule has 144 valence electrons. The van der Waals surface area contributed by atoms with Crippen LogP contribution in [0.15, 0.2) is 49.3 Å². The Kier molecular flexibility index (Phi) is 7.24. The van der Waals surface area contributed by atoms with Crippen molar-refractivity contribution in [2.24, 2.45) is 0 Å². The normalized spacial score (nSPS) is 9.93. The number of pyridine rings is 1. The summed E-state index contributed by atoms with van der Waals surface area (Å²) in [5.41, 5.74) is 1.25. The van der Waals surface area contributed by atoms with Gasteiger partial charge >= 0.3 is 6.55 Å². The van der Waals surface area contributed by atoms with Crippen LogP contribution in [0.25, 0.3) is 11.0 Å². The number of carbonyl (C=O) groups excluding carboxylic acids is 1.